The molecule has 0 aliphatic heterocycles. The van der Waals surface area contributed by atoms with E-state index in [1.165, 1.54) is 11.1 Å². The Balaban J connectivity index is 1.68. The van der Waals surface area contributed by atoms with Crippen molar-refractivity contribution in [2.24, 2.45) is 0 Å². The van der Waals surface area contributed by atoms with Crippen molar-refractivity contribution in [3.8, 4) is 0 Å². The summed E-state index contributed by atoms with van der Waals surface area (Å²) in [6.45, 7) is 1.69. The van der Waals surface area contributed by atoms with Gasteiger partial charge in [-0.1, -0.05) is 65.8 Å². The van der Waals surface area contributed by atoms with Gasteiger partial charge in [-0.2, -0.15) is 0 Å². The second-order valence-electron chi connectivity index (χ2n) is 5.88. The van der Waals surface area contributed by atoms with Crippen LogP contribution in [0.3, 0.4) is 0 Å². The molecule has 0 saturated heterocycles. The lowest BCUT2D eigenvalue weighted by Gasteiger charge is -2.25. The molecule has 0 aliphatic carbocycles. The minimum Gasteiger partial charge on any atom is -0.364 e. The lowest BCUT2D eigenvalue weighted by Crippen LogP contribution is -2.22. The summed E-state index contributed by atoms with van der Waals surface area (Å²) in [6.07, 6.45) is 1.68. The van der Waals surface area contributed by atoms with Crippen LogP contribution in [0.2, 0.25) is 0 Å². The summed E-state index contributed by atoms with van der Waals surface area (Å²) in [5.74, 6) is 0. The van der Waals surface area contributed by atoms with Gasteiger partial charge in [0.25, 0.3) is 0 Å². The van der Waals surface area contributed by atoms with E-state index in [-0.39, 0.29) is 0 Å². The Labute approximate surface area is 141 Å². The molecule has 4 aromatic rings. The summed E-state index contributed by atoms with van der Waals surface area (Å²) in [5.41, 5.74) is 4.60. The highest BCUT2D eigenvalue weighted by molar-refractivity contribution is 5.81. The van der Waals surface area contributed by atoms with E-state index in [2.05, 4.69) is 76.8 Å². The van der Waals surface area contributed by atoms with Crippen LogP contribution in [0.5, 0.6) is 0 Å². The maximum absolute atomic E-state index is 5.07. The zero-order chi connectivity index (χ0) is 16.2. The molecule has 118 valence electrons. The van der Waals surface area contributed by atoms with Gasteiger partial charge in [0.15, 0.2) is 0 Å². The normalized spacial score (nSPS) is 10.8. The number of fused-ring (bicyclic) bond motifs is 1. The minimum absolute atomic E-state index is 0.846. The predicted octanol–water partition coefficient (Wildman–Crippen LogP) is 5.03. The zero-order valence-corrected chi connectivity index (χ0v) is 13.3. The molecule has 3 aromatic carbocycles. The Bertz CT molecular complexity index is 875. The van der Waals surface area contributed by atoms with Gasteiger partial charge in [-0.05, 0) is 29.3 Å². The quantitative estimate of drug-likeness (QED) is 0.517. The van der Waals surface area contributed by atoms with Gasteiger partial charge in [0.2, 0.25) is 0 Å². The average molecular weight is 314 g/mol. The predicted molar refractivity (Wildman–Crippen MR) is 96.8 cm³/mol. The van der Waals surface area contributed by atoms with E-state index >= 15 is 0 Å². The zero-order valence-electron chi connectivity index (χ0n) is 13.3. The van der Waals surface area contributed by atoms with Crippen LogP contribution < -0.4 is 4.90 Å². The maximum atomic E-state index is 5.07. The highest BCUT2D eigenvalue weighted by Gasteiger charge is 2.10. The molecule has 0 unspecified atom stereocenters. The van der Waals surface area contributed by atoms with Crippen molar-refractivity contribution in [1.82, 2.24) is 5.16 Å². The first-order chi connectivity index (χ1) is 11.9. The van der Waals surface area contributed by atoms with Gasteiger partial charge in [-0.3, -0.25) is 0 Å². The Hall–Kier alpha value is -3.07. The van der Waals surface area contributed by atoms with Crippen LogP contribution in [0.4, 0.5) is 5.69 Å². The molecule has 0 fully saturated rings. The lowest BCUT2D eigenvalue weighted by atomic mass is 10.1. The van der Waals surface area contributed by atoms with Gasteiger partial charge in [0.1, 0.15) is 11.8 Å². The highest BCUT2D eigenvalue weighted by Crippen LogP contribution is 2.24. The summed E-state index contributed by atoms with van der Waals surface area (Å²) in [4.78, 5) is 2.36. The average Bonchev–Trinajstić information content (AvgIpc) is 3.11. The van der Waals surface area contributed by atoms with Crippen LogP contribution in [0, 0.1) is 0 Å². The molecule has 0 radical (unpaired) electrons. The number of rotatable bonds is 5. The standard InChI is InChI=1S/C21H18N2O/c1-3-7-17(8-4-1)14-23(15-18-9-5-2-6-10-18)20-12-11-19-16-24-22-21(19)13-20/h1-13,16H,14-15H2. The summed E-state index contributed by atoms with van der Waals surface area (Å²) >= 11 is 0. The second kappa shape index (κ2) is 6.59. The van der Waals surface area contributed by atoms with Crippen LogP contribution in [0.25, 0.3) is 10.9 Å². The first kappa shape index (κ1) is 14.5. The molecule has 0 amide bonds. The van der Waals surface area contributed by atoms with Crippen LogP contribution in [0.1, 0.15) is 11.1 Å². The highest BCUT2D eigenvalue weighted by atomic mass is 16.5. The van der Waals surface area contributed by atoms with Gasteiger partial charge < -0.3 is 9.42 Å². The largest absolute Gasteiger partial charge is 0.364 e. The van der Waals surface area contributed by atoms with Crippen molar-refractivity contribution >= 4 is 16.6 Å². The maximum Gasteiger partial charge on any atom is 0.131 e. The van der Waals surface area contributed by atoms with Crippen molar-refractivity contribution in [1.29, 1.82) is 0 Å². The molecular formula is C21H18N2O. The molecule has 3 nitrogen and oxygen atoms in total. The minimum atomic E-state index is 0.846. The van der Waals surface area contributed by atoms with E-state index in [1.54, 1.807) is 6.26 Å². The molecule has 24 heavy (non-hydrogen) atoms. The molecular weight excluding hydrogens is 296 g/mol. The molecule has 1 aromatic heterocycles. The number of benzene rings is 3. The lowest BCUT2D eigenvalue weighted by molar-refractivity contribution is 0.428. The number of hydrogen-bond acceptors (Lipinski definition) is 3. The fraction of sp³-hybridized carbons (Fsp3) is 0.0952. The van der Waals surface area contributed by atoms with E-state index < -0.39 is 0 Å². The van der Waals surface area contributed by atoms with Gasteiger partial charge in [0.05, 0.1) is 0 Å². The smallest absolute Gasteiger partial charge is 0.131 e. The summed E-state index contributed by atoms with van der Waals surface area (Å²) in [7, 11) is 0. The summed E-state index contributed by atoms with van der Waals surface area (Å²) in [6, 6.07) is 27.3. The molecule has 0 spiro atoms. The first-order valence-electron chi connectivity index (χ1n) is 8.05. The number of hydrogen-bond donors (Lipinski definition) is 0. The fourth-order valence-corrected chi connectivity index (χ4v) is 2.89. The Morgan fingerprint density at radius 2 is 1.38 bits per heavy atom. The third kappa shape index (κ3) is 3.15. The van der Waals surface area contributed by atoms with E-state index in [0.29, 0.717) is 0 Å². The third-order valence-electron chi connectivity index (χ3n) is 4.14. The van der Waals surface area contributed by atoms with E-state index in [9.17, 15) is 0 Å². The van der Waals surface area contributed by atoms with Gasteiger partial charge in [-0.15, -0.1) is 0 Å². The Morgan fingerprint density at radius 1 is 0.750 bits per heavy atom. The van der Waals surface area contributed by atoms with Crippen molar-refractivity contribution < 1.29 is 4.52 Å². The Kier molecular flexibility index (Phi) is 3.98. The summed E-state index contributed by atoms with van der Waals surface area (Å²) < 4.78 is 5.07. The van der Waals surface area contributed by atoms with E-state index in [1.807, 2.05) is 12.1 Å². The van der Waals surface area contributed by atoms with Crippen molar-refractivity contribution in [2.75, 3.05) is 4.90 Å². The van der Waals surface area contributed by atoms with E-state index in [0.717, 1.165) is 29.7 Å². The number of nitrogens with zero attached hydrogens (tertiary/aromatic N) is 2. The van der Waals surface area contributed by atoms with Crippen LogP contribution >= 0.6 is 0 Å². The molecule has 1 heterocycles. The second-order valence-corrected chi connectivity index (χ2v) is 5.88. The molecule has 0 aliphatic rings. The van der Waals surface area contributed by atoms with Crippen molar-refractivity contribution in [2.45, 2.75) is 13.1 Å². The monoisotopic (exact) mass is 314 g/mol. The van der Waals surface area contributed by atoms with Crippen LogP contribution in [0.15, 0.2) is 89.6 Å². The SMILES string of the molecule is c1ccc(CN(Cc2ccccc2)c2ccc3conc3c2)cc1. The molecule has 4 rings (SSSR count). The van der Waals surface area contributed by atoms with Crippen molar-refractivity contribution in [3.63, 3.8) is 0 Å². The molecule has 0 saturated carbocycles. The topological polar surface area (TPSA) is 29.3 Å². The fourth-order valence-electron chi connectivity index (χ4n) is 2.89. The number of aromatic nitrogens is 1. The van der Waals surface area contributed by atoms with Crippen LogP contribution in [-0.2, 0) is 13.1 Å². The Morgan fingerprint density at radius 3 is 2.00 bits per heavy atom. The van der Waals surface area contributed by atoms with Crippen molar-refractivity contribution in [3.05, 3.63) is 96.3 Å². The van der Waals surface area contributed by atoms with Gasteiger partial charge in [-0.25, -0.2) is 0 Å². The van der Waals surface area contributed by atoms with Crippen LogP contribution in [-0.4, -0.2) is 5.16 Å². The molecule has 3 heteroatoms. The first-order valence-corrected chi connectivity index (χ1v) is 8.05. The van der Waals surface area contributed by atoms with Gasteiger partial charge >= 0.3 is 0 Å². The third-order valence-corrected chi connectivity index (χ3v) is 4.14. The molecule has 0 atom stereocenters. The number of anilines is 1. The molecule has 0 bridgehead atoms. The van der Waals surface area contributed by atoms with Gasteiger partial charge in [0, 0.05) is 24.2 Å². The van der Waals surface area contributed by atoms with E-state index in [4.69, 9.17) is 4.52 Å². The molecule has 0 N–H and O–H groups in total. The summed E-state index contributed by atoms with van der Waals surface area (Å²) in [5, 5.41) is 5.10.